The maximum Gasteiger partial charge on any atom is 0.335 e. The molecular formula is C12H16O6S2. The zero-order valence-corrected chi connectivity index (χ0v) is 12.6. The quantitative estimate of drug-likeness (QED) is 0.803. The molecule has 0 spiro atoms. The molecule has 0 amide bonds. The number of sulfone groups is 2. The van der Waals surface area contributed by atoms with Crippen molar-refractivity contribution >= 4 is 25.6 Å². The fourth-order valence-electron chi connectivity index (χ4n) is 1.57. The summed E-state index contributed by atoms with van der Waals surface area (Å²) in [5.41, 5.74) is -0.0254. The highest BCUT2D eigenvalue weighted by molar-refractivity contribution is 7.95. The summed E-state index contributed by atoms with van der Waals surface area (Å²) >= 11 is 0. The third kappa shape index (κ3) is 4.61. The van der Waals surface area contributed by atoms with E-state index in [2.05, 4.69) is 0 Å². The van der Waals surface area contributed by atoms with Gasteiger partial charge in [-0.1, -0.05) is 6.92 Å². The summed E-state index contributed by atoms with van der Waals surface area (Å²) in [6.07, 6.45) is 0.440. The second kappa shape index (κ2) is 6.36. The molecule has 0 saturated heterocycles. The molecule has 0 heterocycles. The fraction of sp³-hybridized carbons (Fsp3) is 0.417. The predicted molar refractivity (Wildman–Crippen MR) is 74.4 cm³/mol. The lowest BCUT2D eigenvalue weighted by molar-refractivity contribution is 0.0696. The van der Waals surface area contributed by atoms with Crippen LogP contribution in [-0.4, -0.2) is 45.2 Å². The van der Waals surface area contributed by atoms with E-state index in [1.54, 1.807) is 6.92 Å². The molecule has 0 aliphatic rings. The van der Waals surface area contributed by atoms with Gasteiger partial charge < -0.3 is 5.11 Å². The largest absolute Gasteiger partial charge is 0.478 e. The number of carbonyl (C=O) groups is 1. The number of aromatic carboxylic acids is 1. The van der Waals surface area contributed by atoms with Crippen molar-refractivity contribution in [1.29, 1.82) is 0 Å². The summed E-state index contributed by atoms with van der Waals surface area (Å²) in [5.74, 6) is -2.12. The lowest BCUT2D eigenvalue weighted by atomic mass is 10.2. The monoisotopic (exact) mass is 320 g/mol. The number of carboxylic acid groups (broad SMARTS) is 1. The molecule has 0 bridgehead atoms. The molecule has 0 fully saturated rings. The average Bonchev–Trinajstić information content (AvgIpc) is 2.37. The second-order valence-corrected chi connectivity index (χ2v) is 8.71. The first kappa shape index (κ1) is 16.6. The number of rotatable bonds is 7. The van der Waals surface area contributed by atoms with Crippen LogP contribution in [0, 0.1) is 0 Å². The topological polar surface area (TPSA) is 106 Å². The molecule has 0 aromatic heterocycles. The Hall–Kier alpha value is -1.41. The normalized spacial score (nSPS) is 12.2. The molecule has 0 radical (unpaired) electrons. The van der Waals surface area contributed by atoms with Crippen molar-refractivity contribution in [2.45, 2.75) is 18.2 Å². The van der Waals surface area contributed by atoms with E-state index in [1.807, 2.05) is 0 Å². The average molecular weight is 320 g/mol. The molecule has 0 aliphatic heterocycles. The summed E-state index contributed by atoms with van der Waals surface area (Å²) in [7, 11) is -7.09. The van der Waals surface area contributed by atoms with Crippen LogP contribution >= 0.6 is 0 Å². The lowest BCUT2D eigenvalue weighted by Crippen LogP contribution is -2.19. The Morgan fingerprint density at radius 1 is 1.00 bits per heavy atom. The molecular weight excluding hydrogens is 304 g/mol. The Kier molecular flexibility index (Phi) is 5.29. The second-order valence-electron chi connectivity index (χ2n) is 4.30. The Bertz CT molecular complexity index is 671. The van der Waals surface area contributed by atoms with Crippen molar-refractivity contribution in [3.63, 3.8) is 0 Å². The molecule has 6 nitrogen and oxygen atoms in total. The third-order valence-electron chi connectivity index (χ3n) is 2.64. The summed E-state index contributed by atoms with van der Waals surface area (Å²) in [6, 6.07) is 4.70. The molecule has 1 rings (SSSR count). The molecule has 0 aliphatic carbocycles. The summed E-state index contributed by atoms with van der Waals surface area (Å²) in [5, 5.41) is 8.72. The molecule has 0 atom stereocenters. The number of hydrogen-bond donors (Lipinski definition) is 1. The van der Waals surface area contributed by atoms with Crippen LogP contribution in [0.15, 0.2) is 29.2 Å². The van der Waals surface area contributed by atoms with E-state index in [-0.39, 0.29) is 16.2 Å². The van der Waals surface area contributed by atoms with Crippen LogP contribution < -0.4 is 0 Å². The van der Waals surface area contributed by atoms with E-state index < -0.39 is 37.1 Å². The smallest absolute Gasteiger partial charge is 0.335 e. The van der Waals surface area contributed by atoms with Gasteiger partial charge in [0.25, 0.3) is 0 Å². The zero-order valence-electron chi connectivity index (χ0n) is 10.9. The van der Waals surface area contributed by atoms with Crippen molar-refractivity contribution in [3.05, 3.63) is 29.8 Å². The van der Waals surface area contributed by atoms with Crippen molar-refractivity contribution < 1.29 is 26.7 Å². The Morgan fingerprint density at radius 2 is 1.55 bits per heavy atom. The molecule has 1 aromatic carbocycles. The van der Waals surface area contributed by atoms with Gasteiger partial charge in [-0.2, -0.15) is 0 Å². The van der Waals surface area contributed by atoms with Crippen LogP contribution in [0.4, 0.5) is 0 Å². The van der Waals surface area contributed by atoms with Crippen molar-refractivity contribution in [2.75, 3.05) is 17.3 Å². The number of carboxylic acids is 1. The van der Waals surface area contributed by atoms with Gasteiger partial charge in [-0.3, -0.25) is 0 Å². The SMILES string of the molecule is CCCS(=O)(=O)CCS(=O)(=O)c1ccc(C(=O)O)cc1. The van der Waals surface area contributed by atoms with Crippen LogP contribution in [-0.2, 0) is 19.7 Å². The predicted octanol–water partition coefficient (Wildman–Crippen LogP) is 0.983. The summed E-state index contributed by atoms with van der Waals surface area (Å²) < 4.78 is 46.9. The Morgan fingerprint density at radius 3 is 2.00 bits per heavy atom. The van der Waals surface area contributed by atoms with Crippen molar-refractivity contribution in [1.82, 2.24) is 0 Å². The molecule has 8 heteroatoms. The van der Waals surface area contributed by atoms with E-state index in [9.17, 15) is 21.6 Å². The van der Waals surface area contributed by atoms with Crippen LogP contribution in [0.1, 0.15) is 23.7 Å². The Balaban J connectivity index is 2.87. The van der Waals surface area contributed by atoms with E-state index in [4.69, 9.17) is 5.11 Å². The maximum absolute atomic E-state index is 12.0. The van der Waals surface area contributed by atoms with E-state index in [0.717, 1.165) is 0 Å². The standard InChI is InChI=1S/C12H16O6S2/c1-2-7-19(15,16)8-9-20(17,18)11-5-3-10(4-6-11)12(13)14/h3-6H,2,7-9H2,1H3,(H,13,14). The summed E-state index contributed by atoms with van der Waals surface area (Å²) in [4.78, 5) is 10.6. The highest BCUT2D eigenvalue weighted by Crippen LogP contribution is 2.13. The Labute approximate surface area is 118 Å². The van der Waals surface area contributed by atoms with Gasteiger partial charge in [0.2, 0.25) is 0 Å². The molecule has 0 saturated carbocycles. The highest BCUT2D eigenvalue weighted by atomic mass is 32.2. The first-order valence-corrected chi connectivity index (χ1v) is 9.42. The van der Waals surface area contributed by atoms with Gasteiger partial charge >= 0.3 is 5.97 Å². The van der Waals surface area contributed by atoms with E-state index in [1.165, 1.54) is 24.3 Å². The molecule has 20 heavy (non-hydrogen) atoms. The van der Waals surface area contributed by atoms with Crippen LogP contribution in [0.5, 0.6) is 0 Å². The number of benzene rings is 1. The third-order valence-corrected chi connectivity index (χ3v) is 6.49. The van der Waals surface area contributed by atoms with Gasteiger partial charge in [-0.15, -0.1) is 0 Å². The van der Waals surface area contributed by atoms with Crippen LogP contribution in [0.2, 0.25) is 0 Å². The first-order chi connectivity index (χ1) is 9.18. The molecule has 0 unspecified atom stereocenters. The first-order valence-electron chi connectivity index (χ1n) is 5.94. The fourth-order valence-corrected chi connectivity index (χ4v) is 5.08. The maximum atomic E-state index is 12.0. The van der Waals surface area contributed by atoms with E-state index in [0.29, 0.717) is 6.42 Å². The highest BCUT2D eigenvalue weighted by Gasteiger charge is 2.19. The van der Waals surface area contributed by atoms with Gasteiger partial charge in [0.05, 0.1) is 22.0 Å². The minimum absolute atomic E-state index is 0.0254. The molecule has 1 aromatic rings. The van der Waals surface area contributed by atoms with Gasteiger partial charge in [0.1, 0.15) is 0 Å². The lowest BCUT2D eigenvalue weighted by Gasteiger charge is -2.05. The number of hydrogen-bond acceptors (Lipinski definition) is 5. The van der Waals surface area contributed by atoms with Crippen LogP contribution in [0.3, 0.4) is 0 Å². The van der Waals surface area contributed by atoms with Gasteiger partial charge in [0.15, 0.2) is 19.7 Å². The molecule has 112 valence electrons. The summed E-state index contributed by atoms with van der Waals surface area (Å²) in [6.45, 7) is 1.71. The van der Waals surface area contributed by atoms with Gasteiger partial charge in [0, 0.05) is 5.75 Å². The molecule has 1 N–H and O–H groups in total. The minimum Gasteiger partial charge on any atom is -0.478 e. The van der Waals surface area contributed by atoms with Crippen LogP contribution in [0.25, 0.3) is 0 Å². The van der Waals surface area contributed by atoms with Crippen molar-refractivity contribution in [3.8, 4) is 0 Å². The van der Waals surface area contributed by atoms with Gasteiger partial charge in [-0.05, 0) is 30.7 Å². The minimum atomic E-state index is -3.73. The zero-order chi connectivity index (χ0) is 15.4. The van der Waals surface area contributed by atoms with E-state index >= 15 is 0 Å². The van der Waals surface area contributed by atoms with Crippen molar-refractivity contribution in [2.24, 2.45) is 0 Å². The van der Waals surface area contributed by atoms with Gasteiger partial charge in [-0.25, -0.2) is 21.6 Å².